The number of hydroxylamine groups is 2. The van der Waals surface area contributed by atoms with Crippen molar-refractivity contribution in [1.82, 2.24) is 5.06 Å². The molecule has 0 bridgehead atoms. The molecular formula is C19H22N2O2. The highest BCUT2D eigenvalue weighted by atomic mass is 16.7. The molecule has 3 rings (SSSR count). The highest BCUT2D eigenvalue weighted by Gasteiger charge is 2.20. The van der Waals surface area contributed by atoms with Crippen molar-refractivity contribution in [3.63, 3.8) is 0 Å². The molecule has 23 heavy (non-hydrogen) atoms. The molecule has 0 saturated heterocycles. The van der Waals surface area contributed by atoms with Crippen LogP contribution in [0.15, 0.2) is 48.5 Å². The lowest BCUT2D eigenvalue weighted by Crippen LogP contribution is -2.26. The van der Waals surface area contributed by atoms with E-state index in [1.807, 2.05) is 6.07 Å². The number of hydrogen-bond donors (Lipinski definition) is 0. The summed E-state index contributed by atoms with van der Waals surface area (Å²) < 4.78 is 0. The second kappa shape index (κ2) is 6.84. The molecule has 0 fully saturated rings. The molecule has 2 aromatic rings. The van der Waals surface area contributed by atoms with Crippen LogP contribution in [0, 0.1) is 0 Å². The number of amides is 1. The number of rotatable bonds is 5. The van der Waals surface area contributed by atoms with Crippen LogP contribution < -0.4 is 4.90 Å². The number of carbonyl (C=O) groups excluding carboxylic acids is 1. The first-order valence-corrected chi connectivity index (χ1v) is 7.90. The standard InChI is InChI=1S/C19H22N2O2/c1-15(22)21(23-2)14-17-8-9-19-18(12-17)10-11-20(19)13-16-6-4-3-5-7-16/h3-9,12H,10-11,13-14H2,1-2H3. The molecule has 1 heterocycles. The Morgan fingerprint density at radius 1 is 1.17 bits per heavy atom. The molecule has 2 aromatic carbocycles. The number of fused-ring (bicyclic) bond motifs is 1. The Labute approximate surface area is 137 Å². The zero-order valence-electron chi connectivity index (χ0n) is 13.7. The minimum Gasteiger partial charge on any atom is -0.367 e. The lowest BCUT2D eigenvalue weighted by atomic mass is 10.1. The van der Waals surface area contributed by atoms with Gasteiger partial charge in [0, 0.05) is 25.7 Å². The van der Waals surface area contributed by atoms with E-state index in [9.17, 15) is 4.79 Å². The molecule has 0 N–H and O–H groups in total. The van der Waals surface area contributed by atoms with Crippen LogP contribution in [0.1, 0.15) is 23.6 Å². The van der Waals surface area contributed by atoms with Crippen molar-refractivity contribution in [1.29, 1.82) is 0 Å². The first kappa shape index (κ1) is 15.6. The SMILES string of the molecule is CON(Cc1ccc2c(c1)CCN2Cc1ccccc1)C(C)=O. The fourth-order valence-corrected chi connectivity index (χ4v) is 3.06. The van der Waals surface area contributed by atoms with E-state index < -0.39 is 0 Å². The van der Waals surface area contributed by atoms with Crippen LogP contribution in [0.4, 0.5) is 5.69 Å². The first-order chi connectivity index (χ1) is 11.2. The van der Waals surface area contributed by atoms with E-state index in [0.29, 0.717) is 6.54 Å². The van der Waals surface area contributed by atoms with Crippen LogP contribution in [0.5, 0.6) is 0 Å². The Balaban J connectivity index is 1.74. The summed E-state index contributed by atoms with van der Waals surface area (Å²) >= 11 is 0. The Bertz CT molecular complexity index is 685. The quantitative estimate of drug-likeness (QED) is 0.795. The highest BCUT2D eigenvalue weighted by molar-refractivity contribution is 5.72. The van der Waals surface area contributed by atoms with Gasteiger partial charge in [-0.1, -0.05) is 42.5 Å². The molecule has 0 atom stereocenters. The molecule has 120 valence electrons. The minimum absolute atomic E-state index is 0.0845. The van der Waals surface area contributed by atoms with E-state index in [1.54, 1.807) is 0 Å². The third-order valence-electron chi connectivity index (χ3n) is 4.25. The predicted octanol–water partition coefficient (Wildman–Crippen LogP) is 3.16. The molecule has 4 heteroatoms. The van der Waals surface area contributed by atoms with Gasteiger partial charge in [0.15, 0.2) is 0 Å². The van der Waals surface area contributed by atoms with E-state index in [2.05, 4.69) is 47.4 Å². The summed E-state index contributed by atoms with van der Waals surface area (Å²) in [5.74, 6) is -0.0845. The Morgan fingerprint density at radius 2 is 1.96 bits per heavy atom. The van der Waals surface area contributed by atoms with Crippen LogP contribution >= 0.6 is 0 Å². The zero-order chi connectivity index (χ0) is 16.2. The van der Waals surface area contributed by atoms with Crippen molar-refractivity contribution < 1.29 is 9.63 Å². The maximum Gasteiger partial charge on any atom is 0.243 e. The topological polar surface area (TPSA) is 32.8 Å². The van der Waals surface area contributed by atoms with Gasteiger partial charge in [-0.3, -0.25) is 9.63 Å². The monoisotopic (exact) mass is 310 g/mol. The fraction of sp³-hybridized carbons (Fsp3) is 0.316. The van der Waals surface area contributed by atoms with Gasteiger partial charge >= 0.3 is 0 Å². The highest BCUT2D eigenvalue weighted by Crippen LogP contribution is 2.30. The number of benzene rings is 2. The smallest absolute Gasteiger partial charge is 0.243 e. The molecule has 0 radical (unpaired) electrons. The largest absolute Gasteiger partial charge is 0.367 e. The van der Waals surface area contributed by atoms with Crippen molar-refractivity contribution in [3.05, 3.63) is 65.2 Å². The van der Waals surface area contributed by atoms with Gasteiger partial charge in [0.25, 0.3) is 0 Å². The Hall–Kier alpha value is -2.33. The van der Waals surface area contributed by atoms with Crippen LogP contribution in [0.25, 0.3) is 0 Å². The Kier molecular flexibility index (Phi) is 4.63. The predicted molar refractivity (Wildman–Crippen MR) is 90.9 cm³/mol. The van der Waals surface area contributed by atoms with Crippen LogP contribution in [0.2, 0.25) is 0 Å². The van der Waals surface area contributed by atoms with Gasteiger partial charge in [0.2, 0.25) is 5.91 Å². The van der Waals surface area contributed by atoms with E-state index in [-0.39, 0.29) is 5.91 Å². The summed E-state index contributed by atoms with van der Waals surface area (Å²) in [7, 11) is 1.52. The third-order valence-corrected chi connectivity index (χ3v) is 4.25. The second-order valence-corrected chi connectivity index (χ2v) is 5.86. The number of carbonyl (C=O) groups is 1. The van der Waals surface area contributed by atoms with Crippen molar-refractivity contribution in [2.24, 2.45) is 0 Å². The molecule has 1 aliphatic rings. The summed E-state index contributed by atoms with van der Waals surface area (Å²) in [5, 5.41) is 1.37. The fourth-order valence-electron chi connectivity index (χ4n) is 3.06. The van der Waals surface area contributed by atoms with Gasteiger partial charge in [-0.15, -0.1) is 0 Å². The molecule has 1 aliphatic heterocycles. The molecular weight excluding hydrogens is 288 g/mol. The van der Waals surface area contributed by atoms with Gasteiger partial charge in [-0.05, 0) is 29.2 Å². The maximum absolute atomic E-state index is 11.5. The average molecular weight is 310 g/mol. The lowest BCUT2D eigenvalue weighted by molar-refractivity contribution is -0.176. The first-order valence-electron chi connectivity index (χ1n) is 7.90. The lowest BCUT2D eigenvalue weighted by Gasteiger charge is -2.21. The van der Waals surface area contributed by atoms with E-state index in [4.69, 9.17) is 4.84 Å². The van der Waals surface area contributed by atoms with Crippen LogP contribution in [0.3, 0.4) is 0 Å². The molecule has 0 spiro atoms. The number of anilines is 1. The van der Waals surface area contributed by atoms with E-state index in [0.717, 1.165) is 25.1 Å². The van der Waals surface area contributed by atoms with Gasteiger partial charge in [0.1, 0.15) is 0 Å². The van der Waals surface area contributed by atoms with Gasteiger partial charge < -0.3 is 4.90 Å². The molecule has 1 amide bonds. The van der Waals surface area contributed by atoms with E-state index in [1.165, 1.54) is 35.9 Å². The summed E-state index contributed by atoms with van der Waals surface area (Å²) in [6.45, 7) is 3.97. The average Bonchev–Trinajstić information content (AvgIpc) is 2.95. The molecule has 0 aromatic heterocycles. The minimum atomic E-state index is -0.0845. The van der Waals surface area contributed by atoms with Crippen molar-refractivity contribution in [2.45, 2.75) is 26.4 Å². The second-order valence-electron chi connectivity index (χ2n) is 5.86. The van der Waals surface area contributed by atoms with Crippen LogP contribution in [-0.4, -0.2) is 24.6 Å². The third kappa shape index (κ3) is 3.54. The van der Waals surface area contributed by atoms with Gasteiger partial charge in [-0.2, -0.15) is 0 Å². The normalized spacial score (nSPS) is 13.0. The van der Waals surface area contributed by atoms with Gasteiger partial charge in [0.05, 0.1) is 13.7 Å². The van der Waals surface area contributed by atoms with Gasteiger partial charge in [-0.25, -0.2) is 5.06 Å². The summed E-state index contributed by atoms with van der Waals surface area (Å²) in [5.41, 5.74) is 5.07. The molecule has 0 aliphatic carbocycles. The van der Waals surface area contributed by atoms with Crippen molar-refractivity contribution >= 4 is 11.6 Å². The zero-order valence-corrected chi connectivity index (χ0v) is 13.7. The summed E-state index contributed by atoms with van der Waals surface area (Å²) in [6, 6.07) is 17.0. The molecule has 0 saturated carbocycles. The summed E-state index contributed by atoms with van der Waals surface area (Å²) in [4.78, 5) is 19.0. The van der Waals surface area contributed by atoms with E-state index >= 15 is 0 Å². The number of nitrogens with zero attached hydrogens (tertiary/aromatic N) is 2. The maximum atomic E-state index is 11.5. The van der Waals surface area contributed by atoms with Crippen LogP contribution in [-0.2, 0) is 29.1 Å². The molecule has 4 nitrogen and oxygen atoms in total. The number of hydrogen-bond acceptors (Lipinski definition) is 3. The Morgan fingerprint density at radius 3 is 2.65 bits per heavy atom. The van der Waals surface area contributed by atoms with Crippen molar-refractivity contribution in [2.75, 3.05) is 18.6 Å². The summed E-state index contributed by atoms with van der Waals surface area (Å²) in [6.07, 6.45) is 1.04. The van der Waals surface area contributed by atoms with Crippen molar-refractivity contribution in [3.8, 4) is 0 Å². The molecule has 0 unspecified atom stereocenters.